The maximum absolute atomic E-state index is 5.39. The molecule has 3 heteroatoms. The molecular weight excluding hydrogens is 248 g/mol. The molecule has 0 bridgehead atoms. The Morgan fingerprint density at radius 1 is 1.15 bits per heavy atom. The lowest BCUT2D eigenvalue weighted by molar-refractivity contribution is 0.175. The van der Waals surface area contributed by atoms with Crippen LogP contribution in [0.1, 0.15) is 42.9 Å². The minimum atomic E-state index is 0.443. The van der Waals surface area contributed by atoms with Gasteiger partial charge in [0.15, 0.2) is 0 Å². The van der Waals surface area contributed by atoms with Gasteiger partial charge in [-0.25, -0.2) is 0 Å². The third-order valence-corrected chi connectivity index (χ3v) is 4.92. The Labute approximate surface area is 122 Å². The zero-order valence-electron chi connectivity index (χ0n) is 12.7. The summed E-state index contributed by atoms with van der Waals surface area (Å²) in [6.07, 6.45) is 6.67. The van der Waals surface area contributed by atoms with Crippen molar-refractivity contribution in [3.05, 3.63) is 29.3 Å². The van der Waals surface area contributed by atoms with Gasteiger partial charge in [0.2, 0.25) is 0 Å². The predicted molar refractivity (Wildman–Crippen MR) is 82.3 cm³/mol. The fourth-order valence-corrected chi connectivity index (χ4v) is 3.84. The number of methoxy groups -OCH3 is 1. The Hall–Kier alpha value is -1.06. The molecule has 1 aliphatic carbocycles. The molecular formula is C17H26N2O. The molecule has 1 fully saturated rings. The van der Waals surface area contributed by atoms with Crippen molar-refractivity contribution in [1.29, 1.82) is 0 Å². The Morgan fingerprint density at radius 3 is 2.55 bits per heavy atom. The van der Waals surface area contributed by atoms with Gasteiger partial charge in [0.25, 0.3) is 0 Å². The maximum Gasteiger partial charge on any atom is 0.119 e. The third-order valence-electron chi connectivity index (χ3n) is 4.92. The van der Waals surface area contributed by atoms with Crippen LogP contribution in [0.3, 0.4) is 0 Å². The van der Waals surface area contributed by atoms with Crippen molar-refractivity contribution in [3.8, 4) is 5.75 Å². The lowest BCUT2D eigenvalue weighted by atomic mass is 10.1. The number of hydrogen-bond donors (Lipinski definition) is 1. The monoisotopic (exact) mass is 274 g/mol. The van der Waals surface area contributed by atoms with Crippen LogP contribution in [0.5, 0.6) is 5.75 Å². The van der Waals surface area contributed by atoms with Crippen molar-refractivity contribution in [2.75, 3.05) is 27.2 Å². The van der Waals surface area contributed by atoms with E-state index >= 15 is 0 Å². The van der Waals surface area contributed by atoms with Crippen LogP contribution in [0.2, 0.25) is 0 Å². The van der Waals surface area contributed by atoms with Gasteiger partial charge in [-0.2, -0.15) is 0 Å². The van der Waals surface area contributed by atoms with E-state index in [2.05, 4.69) is 35.5 Å². The van der Waals surface area contributed by atoms with E-state index in [-0.39, 0.29) is 0 Å². The summed E-state index contributed by atoms with van der Waals surface area (Å²) < 4.78 is 5.39. The zero-order valence-corrected chi connectivity index (χ0v) is 12.7. The first-order valence-corrected chi connectivity index (χ1v) is 7.91. The highest BCUT2D eigenvalue weighted by Crippen LogP contribution is 2.37. The fraction of sp³-hybridized carbons (Fsp3) is 0.647. The molecule has 3 rings (SSSR count). The van der Waals surface area contributed by atoms with E-state index in [9.17, 15) is 0 Å². The Morgan fingerprint density at radius 2 is 1.90 bits per heavy atom. The highest BCUT2D eigenvalue weighted by molar-refractivity contribution is 5.42. The zero-order chi connectivity index (χ0) is 13.9. The van der Waals surface area contributed by atoms with Crippen LogP contribution in [0.4, 0.5) is 0 Å². The first-order chi connectivity index (χ1) is 9.83. The van der Waals surface area contributed by atoms with Gasteiger partial charge >= 0.3 is 0 Å². The molecule has 1 aromatic rings. The minimum absolute atomic E-state index is 0.443. The molecule has 0 spiro atoms. The van der Waals surface area contributed by atoms with Crippen molar-refractivity contribution < 1.29 is 4.74 Å². The lowest BCUT2D eigenvalue weighted by Gasteiger charge is -2.32. The largest absolute Gasteiger partial charge is 0.497 e. The number of hydrogen-bond acceptors (Lipinski definition) is 3. The van der Waals surface area contributed by atoms with E-state index in [4.69, 9.17) is 4.74 Å². The van der Waals surface area contributed by atoms with Crippen LogP contribution >= 0.6 is 0 Å². The summed E-state index contributed by atoms with van der Waals surface area (Å²) in [6, 6.07) is 7.61. The standard InChI is InChI=1S/C17H26N2O/c1-18-17-15-12-14(20-2)8-7-13(15)11-16(17)19-9-5-3-4-6-10-19/h7-8,12,16-18H,3-6,9-11H2,1-2H3. The molecule has 2 aliphatic rings. The normalized spacial score (nSPS) is 27.1. The van der Waals surface area contributed by atoms with E-state index in [1.54, 1.807) is 7.11 Å². The molecule has 110 valence electrons. The van der Waals surface area contributed by atoms with Gasteiger partial charge in [-0.15, -0.1) is 0 Å². The number of benzene rings is 1. The van der Waals surface area contributed by atoms with E-state index in [1.165, 1.54) is 56.3 Å². The van der Waals surface area contributed by atoms with Crippen molar-refractivity contribution in [2.24, 2.45) is 0 Å². The highest BCUT2D eigenvalue weighted by Gasteiger charge is 2.35. The van der Waals surface area contributed by atoms with Crippen molar-refractivity contribution in [1.82, 2.24) is 10.2 Å². The Balaban J connectivity index is 1.83. The molecule has 1 aliphatic heterocycles. The lowest BCUT2D eigenvalue weighted by Crippen LogP contribution is -2.42. The van der Waals surface area contributed by atoms with Gasteiger partial charge in [0.05, 0.1) is 7.11 Å². The summed E-state index contributed by atoms with van der Waals surface area (Å²) in [5.74, 6) is 0.973. The molecule has 0 amide bonds. The summed E-state index contributed by atoms with van der Waals surface area (Å²) in [5, 5.41) is 3.54. The molecule has 1 saturated heterocycles. The van der Waals surface area contributed by atoms with Crippen LogP contribution < -0.4 is 10.1 Å². The van der Waals surface area contributed by atoms with Crippen LogP contribution in [0.15, 0.2) is 18.2 Å². The van der Waals surface area contributed by atoms with Gasteiger partial charge in [0, 0.05) is 12.1 Å². The second kappa shape index (κ2) is 6.15. The van der Waals surface area contributed by atoms with Crippen LogP contribution in [0.25, 0.3) is 0 Å². The minimum Gasteiger partial charge on any atom is -0.497 e. The van der Waals surface area contributed by atoms with Gasteiger partial charge in [-0.1, -0.05) is 18.9 Å². The summed E-state index contributed by atoms with van der Waals surface area (Å²) >= 11 is 0. The Bertz CT molecular complexity index is 452. The number of likely N-dealkylation sites (N-methyl/N-ethyl adjacent to an activating group) is 1. The number of nitrogens with zero attached hydrogens (tertiary/aromatic N) is 1. The summed E-state index contributed by atoms with van der Waals surface area (Å²) in [4.78, 5) is 2.71. The smallest absolute Gasteiger partial charge is 0.119 e. The molecule has 2 unspecified atom stereocenters. The average molecular weight is 274 g/mol. The summed E-state index contributed by atoms with van der Waals surface area (Å²) in [5.41, 5.74) is 2.92. The molecule has 2 atom stereocenters. The van der Waals surface area contributed by atoms with Gasteiger partial charge in [-0.05, 0) is 62.7 Å². The average Bonchev–Trinajstić information content (AvgIpc) is 2.65. The molecule has 1 aromatic carbocycles. The second-order valence-electron chi connectivity index (χ2n) is 6.05. The number of rotatable bonds is 3. The first-order valence-electron chi connectivity index (χ1n) is 7.91. The van der Waals surface area contributed by atoms with Gasteiger partial charge in [-0.3, -0.25) is 4.90 Å². The number of nitrogens with one attached hydrogen (secondary N) is 1. The SMILES string of the molecule is CNC1c2cc(OC)ccc2CC1N1CCCCCC1. The van der Waals surface area contributed by atoms with E-state index in [0.29, 0.717) is 12.1 Å². The maximum atomic E-state index is 5.39. The van der Waals surface area contributed by atoms with E-state index in [1.807, 2.05) is 0 Å². The van der Waals surface area contributed by atoms with Gasteiger partial charge < -0.3 is 10.1 Å². The quantitative estimate of drug-likeness (QED) is 0.917. The van der Waals surface area contributed by atoms with Crippen molar-refractivity contribution in [2.45, 2.75) is 44.2 Å². The molecule has 0 aromatic heterocycles. The molecule has 1 N–H and O–H groups in total. The van der Waals surface area contributed by atoms with E-state index in [0.717, 1.165) is 5.75 Å². The van der Waals surface area contributed by atoms with Crippen LogP contribution in [-0.2, 0) is 6.42 Å². The number of likely N-dealkylation sites (tertiary alicyclic amines) is 1. The molecule has 3 nitrogen and oxygen atoms in total. The van der Waals surface area contributed by atoms with Crippen molar-refractivity contribution >= 4 is 0 Å². The highest BCUT2D eigenvalue weighted by atomic mass is 16.5. The van der Waals surface area contributed by atoms with Gasteiger partial charge in [0.1, 0.15) is 5.75 Å². The Kier molecular flexibility index (Phi) is 4.27. The van der Waals surface area contributed by atoms with Crippen molar-refractivity contribution in [3.63, 3.8) is 0 Å². The first kappa shape index (κ1) is 13.9. The number of fused-ring (bicyclic) bond motifs is 1. The molecule has 20 heavy (non-hydrogen) atoms. The molecule has 0 radical (unpaired) electrons. The summed E-state index contributed by atoms with van der Waals surface area (Å²) in [6.45, 7) is 2.52. The topological polar surface area (TPSA) is 24.5 Å². The summed E-state index contributed by atoms with van der Waals surface area (Å²) in [7, 11) is 3.83. The predicted octanol–water partition coefficient (Wildman–Crippen LogP) is 2.76. The van der Waals surface area contributed by atoms with E-state index < -0.39 is 0 Å². The second-order valence-corrected chi connectivity index (χ2v) is 6.05. The molecule has 1 heterocycles. The number of ether oxygens (including phenoxy) is 1. The van der Waals surface area contributed by atoms with Crippen LogP contribution in [0, 0.1) is 0 Å². The molecule has 0 saturated carbocycles. The van der Waals surface area contributed by atoms with Crippen LogP contribution in [-0.4, -0.2) is 38.2 Å². The third kappa shape index (κ3) is 2.57. The fourth-order valence-electron chi connectivity index (χ4n) is 3.84.